The minimum Gasteiger partial charge on any atom is -0.496 e. The van der Waals surface area contributed by atoms with E-state index in [9.17, 15) is 4.79 Å². The van der Waals surface area contributed by atoms with E-state index in [2.05, 4.69) is 6.58 Å². The van der Waals surface area contributed by atoms with Crippen molar-refractivity contribution in [1.82, 2.24) is 0 Å². The maximum absolute atomic E-state index is 11.4. The molecule has 3 nitrogen and oxygen atoms in total. The molecule has 1 aromatic carbocycles. The molecule has 80 valence electrons. The monoisotopic (exact) mass is 206 g/mol. The summed E-state index contributed by atoms with van der Waals surface area (Å²) in [4.78, 5) is 11.4. The van der Waals surface area contributed by atoms with Gasteiger partial charge in [0.1, 0.15) is 11.5 Å². The molecule has 1 aromatic rings. The number of ketones is 1. The van der Waals surface area contributed by atoms with Gasteiger partial charge in [-0.05, 0) is 25.1 Å². The fourth-order valence-electron chi connectivity index (χ4n) is 1.35. The lowest BCUT2D eigenvalue weighted by molar-refractivity contribution is 0.104. The first-order chi connectivity index (χ1) is 7.13. The van der Waals surface area contributed by atoms with E-state index >= 15 is 0 Å². The van der Waals surface area contributed by atoms with E-state index in [1.807, 2.05) is 6.92 Å². The summed E-state index contributed by atoms with van der Waals surface area (Å²) in [6.45, 7) is 5.31. The predicted octanol–water partition coefficient (Wildman–Crippen LogP) is 2.38. The summed E-state index contributed by atoms with van der Waals surface area (Å²) in [5.41, 5.74) is 1.39. The van der Waals surface area contributed by atoms with Crippen molar-refractivity contribution in [2.45, 2.75) is 6.92 Å². The predicted molar refractivity (Wildman–Crippen MR) is 58.8 cm³/mol. The molecule has 0 saturated carbocycles. The Labute approximate surface area is 89.3 Å². The van der Waals surface area contributed by atoms with Crippen LogP contribution in [-0.2, 0) is 0 Å². The van der Waals surface area contributed by atoms with E-state index in [4.69, 9.17) is 9.47 Å². The maximum Gasteiger partial charge on any atom is 0.185 e. The maximum atomic E-state index is 11.4. The lowest BCUT2D eigenvalue weighted by atomic mass is 10.1. The van der Waals surface area contributed by atoms with Crippen LogP contribution < -0.4 is 9.47 Å². The molecule has 0 amide bonds. The van der Waals surface area contributed by atoms with Crippen molar-refractivity contribution in [2.24, 2.45) is 0 Å². The summed E-state index contributed by atoms with van der Waals surface area (Å²) in [5, 5.41) is 0. The van der Waals surface area contributed by atoms with Crippen molar-refractivity contribution in [3.8, 4) is 11.5 Å². The molecule has 0 atom stereocenters. The van der Waals surface area contributed by atoms with Crippen LogP contribution in [0.1, 0.15) is 15.9 Å². The zero-order valence-electron chi connectivity index (χ0n) is 9.16. The lowest BCUT2D eigenvalue weighted by Crippen LogP contribution is -1.99. The van der Waals surface area contributed by atoms with E-state index in [1.165, 1.54) is 6.08 Å². The molecule has 0 aliphatic heterocycles. The topological polar surface area (TPSA) is 35.5 Å². The van der Waals surface area contributed by atoms with E-state index in [0.29, 0.717) is 17.1 Å². The van der Waals surface area contributed by atoms with E-state index in [1.54, 1.807) is 26.4 Å². The first-order valence-electron chi connectivity index (χ1n) is 4.53. The molecule has 0 unspecified atom stereocenters. The molecule has 15 heavy (non-hydrogen) atoms. The van der Waals surface area contributed by atoms with E-state index < -0.39 is 0 Å². The molecule has 0 radical (unpaired) electrons. The minimum absolute atomic E-state index is 0.147. The molecule has 0 aromatic heterocycles. The van der Waals surface area contributed by atoms with Gasteiger partial charge in [-0.3, -0.25) is 4.79 Å². The van der Waals surface area contributed by atoms with Crippen LogP contribution in [0.4, 0.5) is 0 Å². The average Bonchev–Trinajstić information content (AvgIpc) is 2.28. The highest BCUT2D eigenvalue weighted by molar-refractivity contribution is 6.04. The summed E-state index contributed by atoms with van der Waals surface area (Å²) in [7, 11) is 3.12. The second-order valence-electron chi connectivity index (χ2n) is 3.07. The summed E-state index contributed by atoms with van der Waals surface area (Å²) >= 11 is 0. The molecule has 0 bridgehead atoms. The van der Waals surface area contributed by atoms with Crippen LogP contribution in [-0.4, -0.2) is 20.0 Å². The van der Waals surface area contributed by atoms with Gasteiger partial charge in [-0.15, -0.1) is 0 Å². The third kappa shape index (κ3) is 2.18. The SMILES string of the molecule is C=CC(=O)c1cc(OC)c(C)c(OC)c1. The van der Waals surface area contributed by atoms with Gasteiger partial charge in [0.2, 0.25) is 0 Å². The van der Waals surface area contributed by atoms with Gasteiger partial charge >= 0.3 is 0 Å². The fourth-order valence-corrected chi connectivity index (χ4v) is 1.35. The van der Waals surface area contributed by atoms with Gasteiger partial charge in [-0.25, -0.2) is 0 Å². The number of methoxy groups -OCH3 is 2. The summed E-state index contributed by atoms with van der Waals surface area (Å²) in [6, 6.07) is 3.36. The molecule has 0 N–H and O–H groups in total. The number of hydrogen-bond acceptors (Lipinski definition) is 3. The zero-order chi connectivity index (χ0) is 11.4. The van der Waals surface area contributed by atoms with Crippen molar-refractivity contribution >= 4 is 5.78 Å². The molecule has 1 rings (SSSR count). The lowest BCUT2D eigenvalue weighted by Gasteiger charge is -2.11. The molecule has 0 spiro atoms. The van der Waals surface area contributed by atoms with Gasteiger partial charge in [0.15, 0.2) is 5.78 Å². The van der Waals surface area contributed by atoms with E-state index in [0.717, 1.165) is 5.56 Å². The third-order valence-electron chi connectivity index (χ3n) is 2.22. The Balaban J connectivity index is 3.32. The molecule has 3 heteroatoms. The molecule has 0 fully saturated rings. The molecule has 0 saturated heterocycles. The van der Waals surface area contributed by atoms with Crippen LogP contribution in [0.3, 0.4) is 0 Å². The highest BCUT2D eigenvalue weighted by Crippen LogP contribution is 2.29. The molecule has 0 aliphatic rings. The van der Waals surface area contributed by atoms with Crippen LogP contribution in [0.5, 0.6) is 11.5 Å². The van der Waals surface area contributed by atoms with Gasteiger partial charge in [0.05, 0.1) is 14.2 Å². The molecule has 0 aliphatic carbocycles. The standard InChI is InChI=1S/C12H14O3/c1-5-10(13)9-6-11(14-3)8(2)12(7-9)15-4/h5-7H,1H2,2-4H3. The quantitative estimate of drug-likeness (QED) is 0.560. The molecular weight excluding hydrogens is 192 g/mol. The Morgan fingerprint density at radius 3 is 2.07 bits per heavy atom. The third-order valence-corrected chi connectivity index (χ3v) is 2.22. The van der Waals surface area contributed by atoms with Crippen molar-refractivity contribution in [3.05, 3.63) is 35.9 Å². The van der Waals surface area contributed by atoms with Crippen LogP contribution in [0.2, 0.25) is 0 Å². The average molecular weight is 206 g/mol. The number of rotatable bonds is 4. The summed E-state index contributed by atoms with van der Waals surface area (Å²) < 4.78 is 10.3. The number of allylic oxidation sites excluding steroid dienone is 1. The first kappa shape index (κ1) is 11.3. The Kier molecular flexibility index (Phi) is 3.50. The largest absolute Gasteiger partial charge is 0.496 e. The van der Waals surface area contributed by atoms with Crippen molar-refractivity contribution in [1.29, 1.82) is 0 Å². The minimum atomic E-state index is -0.147. The second kappa shape index (κ2) is 4.64. The highest BCUT2D eigenvalue weighted by atomic mass is 16.5. The number of carbonyl (C=O) groups is 1. The number of ether oxygens (including phenoxy) is 2. The zero-order valence-corrected chi connectivity index (χ0v) is 9.16. The normalized spacial score (nSPS) is 9.53. The smallest absolute Gasteiger partial charge is 0.185 e. The van der Waals surface area contributed by atoms with E-state index in [-0.39, 0.29) is 5.78 Å². The number of benzene rings is 1. The summed E-state index contributed by atoms with van der Waals surface area (Å²) in [5.74, 6) is 1.13. The first-order valence-corrected chi connectivity index (χ1v) is 4.53. The van der Waals surface area contributed by atoms with Crippen molar-refractivity contribution in [3.63, 3.8) is 0 Å². The van der Waals surface area contributed by atoms with Crippen LogP contribution in [0, 0.1) is 6.92 Å². The summed E-state index contributed by atoms with van der Waals surface area (Å²) in [6.07, 6.45) is 1.27. The molecule has 0 heterocycles. The molecular formula is C12H14O3. The number of carbonyl (C=O) groups excluding carboxylic acids is 1. The van der Waals surface area contributed by atoms with Crippen molar-refractivity contribution in [2.75, 3.05) is 14.2 Å². The van der Waals surface area contributed by atoms with Crippen molar-refractivity contribution < 1.29 is 14.3 Å². The second-order valence-corrected chi connectivity index (χ2v) is 3.07. The Hall–Kier alpha value is -1.77. The fraction of sp³-hybridized carbons (Fsp3) is 0.250. The van der Waals surface area contributed by atoms with Gasteiger partial charge in [0, 0.05) is 11.1 Å². The van der Waals surface area contributed by atoms with Crippen LogP contribution in [0.15, 0.2) is 24.8 Å². The Morgan fingerprint density at radius 1 is 1.27 bits per heavy atom. The Bertz CT molecular complexity index is 369. The van der Waals surface area contributed by atoms with Gasteiger partial charge in [-0.1, -0.05) is 6.58 Å². The van der Waals surface area contributed by atoms with Gasteiger partial charge in [-0.2, -0.15) is 0 Å². The van der Waals surface area contributed by atoms with Crippen LogP contribution >= 0.6 is 0 Å². The van der Waals surface area contributed by atoms with Crippen LogP contribution in [0.25, 0.3) is 0 Å². The van der Waals surface area contributed by atoms with Gasteiger partial charge < -0.3 is 9.47 Å². The highest BCUT2D eigenvalue weighted by Gasteiger charge is 2.11. The van der Waals surface area contributed by atoms with Gasteiger partial charge in [0.25, 0.3) is 0 Å². The number of hydrogen-bond donors (Lipinski definition) is 0. The Morgan fingerprint density at radius 2 is 1.73 bits per heavy atom.